The average Bonchev–Trinajstić information content (AvgIpc) is 3.56. The van der Waals surface area contributed by atoms with Gasteiger partial charge in [0.1, 0.15) is 5.69 Å². The number of nitrogens with one attached hydrogen (secondary N) is 3. The van der Waals surface area contributed by atoms with Gasteiger partial charge in [-0.15, -0.1) is 0 Å². The standard InChI is InChI=1S/C29H26N8/c1-3-4-5-18(2)34-22-10-20(13-31-15-22)21-11-24-28(36-37-29(24)33-14-21)26-12-23-25(16-32-17-27(23)35-26)19-6-8-30-9-7-19/h6-17,34-35H,2-5H2,1H3,(H,33,36,37). The quantitative estimate of drug-likeness (QED) is 0.220. The van der Waals surface area contributed by atoms with Crippen molar-refractivity contribution in [1.29, 1.82) is 0 Å². The highest BCUT2D eigenvalue weighted by atomic mass is 15.2. The summed E-state index contributed by atoms with van der Waals surface area (Å²) in [5.74, 6) is 0. The maximum absolute atomic E-state index is 4.64. The summed E-state index contributed by atoms with van der Waals surface area (Å²) < 4.78 is 0. The molecule has 6 heterocycles. The first-order chi connectivity index (χ1) is 18.2. The zero-order chi connectivity index (χ0) is 25.2. The number of allylic oxidation sites excluding steroid dienone is 1. The van der Waals surface area contributed by atoms with Crippen LogP contribution in [0.4, 0.5) is 5.69 Å². The number of fused-ring (bicyclic) bond motifs is 2. The molecular formula is C29H26N8. The number of unbranched alkanes of at least 4 members (excludes halogenated alkanes) is 1. The summed E-state index contributed by atoms with van der Waals surface area (Å²) in [6.07, 6.45) is 16.0. The van der Waals surface area contributed by atoms with Crippen LogP contribution in [0.1, 0.15) is 26.2 Å². The van der Waals surface area contributed by atoms with E-state index in [9.17, 15) is 0 Å². The van der Waals surface area contributed by atoms with Crippen molar-refractivity contribution in [3.05, 3.63) is 86.0 Å². The Morgan fingerprint density at radius 2 is 1.73 bits per heavy atom. The highest BCUT2D eigenvalue weighted by Crippen LogP contribution is 2.34. The molecule has 6 aromatic rings. The predicted molar refractivity (Wildman–Crippen MR) is 148 cm³/mol. The number of hydrogen-bond acceptors (Lipinski definition) is 6. The van der Waals surface area contributed by atoms with Crippen molar-refractivity contribution >= 4 is 27.6 Å². The first-order valence-corrected chi connectivity index (χ1v) is 12.3. The molecule has 8 heteroatoms. The number of hydrogen-bond donors (Lipinski definition) is 3. The second-order valence-corrected chi connectivity index (χ2v) is 9.05. The maximum atomic E-state index is 4.64. The van der Waals surface area contributed by atoms with Gasteiger partial charge in [0, 0.05) is 64.1 Å². The molecule has 0 saturated carbocycles. The zero-order valence-corrected chi connectivity index (χ0v) is 20.5. The molecule has 0 aliphatic heterocycles. The molecule has 6 rings (SSSR count). The Kier molecular flexibility index (Phi) is 5.90. The first kappa shape index (κ1) is 22.6. The Hall–Kier alpha value is -4.85. The van der Waals surface area contributed by atoms with E-state index in [1.807, 2.05) is 43.1 Å². The van der Waals surface area contributed by atoms with Gasteiger partial charge in [-0.3, -0.25) is 20.1 Å². The van der Waals surface area contributed by atoms with Crippen molar-refractivity contribution in [2.75, 3.05) is 5.32 Å². The average molecular weight is 487 g/mol. The molecule has 6 aromatic heterocycles. The largest absolute Gasteiger partial charge is 0.358 e. The Morgan fingerprint density at radius 3 is 2.59 bits per heavy atom. The van der Waals surface area contributed by atoms with Crippen LogP contribution in [0.3, 0.4) is 0 Å². The maximum Gasteiger partial charge on any atom is 0.155 e. The van der Waals surface area contributed by atoms with E-state index in [4.69, 9.17) is 0 Å². The van der Waals surface area contributed by atoms with Crippen molar-refractivity contribution in [2.24, 2.45) is 0 Å². The fraction of sp³-hybridized carbons (Fsp3) is 0.138. The number of aromatic nitrogens is 7. The highest BCUT2D eigenvalue weighted by molar-refractivity contribution is 6.00. The van der Waals surface area contributed by atoms with Crippen LogP contribution in [0, 0.1) is 0 Å². The molecule has 0 aliphatic rings. The van der Waals surface area contributed by atoms with Crippen molar-refractivity contribution < 1.29 is 0 Å². The molecule has 0 amide bonds. The van der Waals surface area contributed by atoms with Gasteiger partial charge in [0.2, 0.25) is 0 Å². The minimum atomic E-state index is 0.722. The Balaban J connectivity index is 1.37. The van der Waals surface area contributed by atoms with Gasteiger partial charge < -0.3 is 10.3 Å². The topological polar surface area (TPSA) is 108 Å². The summed E-state index contributed by atoms with van der Waals surface area (Å²) in [7, 11) is 0. The zero-order valence-electron chi connectivity index (χ0n) is 20.5. The van der Waals surface area contributed by atoms with Crippen molar-refractivity contribution in [2.45, 2.75) is 26.2 Å². The van der Waals surface area contributed by atoms with Gasteiger partial charge in [-0.25, -0.2) is 4.98 Å². The van der Waals surface area contributed by atoms with E-state index in [-0.39, 0.29) is 0 Å². The third kappa shape index (κ3) is 4.45. The summed E-state index contributed by atoms with van der Waals surface area (Å²) in [4.78, 5) is 21.1. The van der Waals surface area contributed by atoms with E-state index in [2.05, 4.69) is 72.1 Å². The van der Waals surface area contributed by atoms with Gasteiger partial charge in [-0.1, -0.05) is 19.9 Å². The molecular weight excluding hydrogens is 460 g/mol. The van der Waals surface area contributed by atoms with Gasteiger partial charge in [-0.05, 0) is 48.7 Å². The monoisotopic (exact) mass is 486 g/mol. The highest BCUT2D eigenvalue weighted by Gasteiger charge is 2.15. The molecule has 0 aliphatic carbocycles. The first-order valence-electron chi connectivity index (χ1n) is 12.3. The van der Waals surface area contributed by atoms with E-state index >= 15 is 0 Å². The van der Waals surface area contributed by atoms with Crippen LogP contribution in [0.25, 0.3) is 55.6 Å². The second-order valence-electron chi connectivity index (χ2n) is 9.05. The normalized spacial score (nSPS) is 11.3. The number of aromatic amines is 2. The molecule has 0 saturated heterocycles. The molecule has 0 unspecified atom stereocenters. The van der Waals surface area contributed by atoms with E-state index < -0.39 is 0 Å². The van der Waals surface area contributed by atoms with Crippen LogP contribution < -0.4 is 5.32 Å². The lowest BCUT2D eigenvalue weighted by atomic mass is 10.0. The smallest absolute Gasteiger partial charge is 0.155 e. The molecule has 0 spiro atoms. The Labute approximate surface area is 214 Å². The SMILES string of the molecule is C=C(CCCC)Nc1cncc(-c2cnc3[nH]nc(-c4cc5c(-c6ccncc6)cncc5[nH]4)c3c2)c1. The van der Waals surface area contributed by atoms with E-state index in [0.29, 0.717) is 0 Å². The van der Waals surface area contributed by atoms with Gasteiger partial charge in [0.05, 0.1) is 29.3 Å². The van der Waals surface area contributed by atoms with Gasteiger partial charge in [0.15, 0.2) is 5.65 Å². The predicted octanol–water partition coefficient (Wildman–Crippen LogP) is 6.74. The van der Waals surface area contributed by atoms with Gasteiger partial charge in [-0.2, -0.15) is 5.10 Å². The van der Waals surface area contributed by atoms with Crippen LogP contribution in [0.5, 0.6) is 0 Å². The molecule has 0 bridgehead atoms. The number of nitrogens with zero attached hydrogens (tertiary/aromatic N) is 5. The van der Waals surface area contributed by atoms with Crippen molar-refractivity contribution in [3.63, 3.8) is 0 Å². The molecule has 3 N–H and O–H groups in total. The molecule has 0 radical (unpaired) electrons. The van der Waals surface area contributed by atoms with Crippen LogP contribution >= 0.6 is 0 Å². The molecule has 8 nitrogen and oxygen atoms in total. The van der Waals surface area contributed by atoms with Crippen molar-refractivity contribution in [3.8, 4) is 33.6 Å². The van der Waals surface area contributed by atoms with Crippen LogP contribution in [0.15, 0.2) is 86.0 Å². The molecule has 0 aromatic carbocycles. The molecule has 0 fully saturated rings. The van der Waals surface area contributed by atoms with Gasteiger partial charge >= 0.3 is 0 Å². The number of H-pyrrole nitrogens is 2. The van der Waals surface area contributed by atoms with Crippen LogP contribution in [0.2, 0.25) is 0 Å². The number of rotatable bonds is 8. The van der Waals surface area contributed by atoms with Crippen molar-refractivity contribution in [1.82, 2.24) is 35.1 Å². The lowest BCUT2D eigenvalue weighted by molar-refractivity contribution is 0.791. The summed E-state index contributed by atoms with van der Waals surface area (Å²) in [6, 6.07) is 10.3. The molecule has 0 atom stereocenters. The summed E-state index contributed by atoms with van der Waals surface area (Å²) in [6.45, 7) is 6.31. The van der Waals surface area contributed by atoms with Crippen LogP contribution in [-0.2, 0) is 0 Å². The fourth-order valence-electron chi connectivity index (χ4n) is 4.53. The minimum Gasteiger partial charge on any atom is -0.358 e. The van der Waals surface area contributed by atoms with Crippen LogP contribution in [-0.4, -0.2) is 35.1 Å². The number of pyridine rings is 4. The summed E-state index contributed by atoms with van der Waals surface area (Å²) >= 11 is 0. The Bertz CT molecular complexity index is 1710. The van der Waals surface area contributed by atoms with Gasteiger partial charge in [0.25, 0.3) is 0 Å². The van der Waals surface area contributed by atoms with E-state index in [1.54, 1.807) is 12.4 Å². The lowest BCUT2D eigenvalue weighted by Gasteiger charge is -2.10. The third-order valence-electron chi connectivity index (χ3n) is 6.43. The molecule has 182 valence electrons. The summed E-state index contributed by atoms with van der Waals surface area (Å²) in [5, 5.41) is 13.0. The lowest BCUT2D eigenvalue weighted by Crippen LogP contribution is -1.98. The van der Waals surface area contributed by atoms with E-state index in [1.165, 1.54) is 0 Å². The summed E-state index contributed by atoms with van der Waals surface area (Å²) in [5.41, 5.74) is 9.29. The minimum absolute atomic E-state index is 0.722. The fourth-order valence-corrected chi connectivity index (χ4v) is 4.53. The van der Waals surface area contributed by atoms with E-state index in [0.717, 1.165) is 86.2 Å². The number of anilines is 1. The third-order valence-corrected chi connectivity index (χ3v) is 6.43. The Morgan fingerprint density at radius 1 is 0.892 bits per heavy atom. The second kappa shape index (κ2) is 9.66. The molecule has 37 heavy (non-hydrogen) atoms.